The van der Waals surface area contributed by atoms with Crippen molar-refractivity contribution >= 4 is 29.1 Å². The van der Waals surface area contributed by atoms with Crippen LogP contribution in [0.1, 0.15) is 32.6 Å². The molecule has 3 amide bonds. The largest absolute Gasteiger partial charge is 0.353 e. The number of benzene rings is 1. The molecule has 1 aliphatic heterocycles. The van der Waals surface area contributed by atoms with Crippen LogP contribution in [-0.4, -0.2) is 30.3 Å². The van der Waals surface area contributed by atoms with Gasteiger partial charge < -0.3 is 15.5 Å². The predicted molar refractivity (Wildman–Crippen MR) is 87.0 cm³/mol. The molecule has 0 bridgehead atoms. The van der Waals surface area contributed by atoms with Gasteiger partial charge in [-0.1, -0.05) is 12.1 Å². The minimum atomic E-state index is -0.219. The lowest BCUT2D eigenvalue weighted by Gasteiger charge is -2.29. The van der Waals surface area contributed by atoms with Crippen molar-refractivity contribution in [1.82, 2.24) is 5.32 Å². The normalized spacial score (nSPS) is 18.0. The third kappa shape index (κ3) is 3.70. The molecule has 2 N–H and O–H groups in total. The first-order valence-corrected chi connectivity index (χ1v) is 8.03. The number of carbonyl (C=O) groups is 3. The second kappa shape index (κ2) is 6.40. The van der Waals surface area contributed by atoms with Crippen LogP contribution in [0.5, 0.6) is 0 Å². The van der Waals surface area contributed by atoms with E-state index in [-0.39, 0.29) is 43.1 Å². The van der Waals surface area contributed by atoms with E-state index in [1.54, 1.807) is 18.2 Å². The van der Waals surface area contributed by atoms with Crippen LogP contribution in [0.25, 0.3) is 0 Å². The Bertz CT molecular complexity index is 640. The molecule has 122 valence electrons. The molecule has 6 nitrogen and oxygen atoms in total. The van der Waals surface area contributed by atoms with E-state index < -0.39 is 0 Å². The standard InChI is InChI=1S/C17H21N3O3/c1-11(12-6-7-12)18-15(21)8-9-17(23)20-10-16(22)19-13-4-2-3-5-14(13)20/h2-5,11-12H,6-10H2,1H3,(H,18,21)(H,19,22). The van der Waals surface area contributed by atoms with Crippen molar-refractivity contribution in [3.63, 3.8) is 0 Å². The van der Waals surface area contributed by atoms with E-state index in [1.165, 1.54) is 17.7 Å². The van der Waals surface area contributed by atoms with Gasteiger partial charge in [-0.25, -0.2) is 0 Å². The minimum absolute atomic E-state index is 0.00403. The average molecular weight is 315 g/mol. The second-order valence-corrected chi connectivity index (χ2v) is 6.24. The van der Waals surface area contributed by atoms with E-state index in [4.69, 9.17) is 0 Å². The first-order chi connectivity index (χ1) is 11.0. The van der Waals surface area contributed by atoms with Gasteiger partial charge in [-0.3, -0.25) is 14.4 Å². The van der Waals surface area contributed by atoms with Crippen molar-refractivity contribution in [3.8, 4) is 0 Å². The molecule has 2 aliphatic rings. The molecule has 1 unspecified atom stereocenters. The Morgan fingerprint density at radius 1 is 1.30 bits per heavy atom. The van der Waals surface area contributed by atoms with Crippen molar-refractivity contribution in [2.45, 2.75) is 38.6 Å². The number of carbonyl (C=O) groups excluding carboxylic acids is 3. The van der Waals surface area contributed by atoms with Crippen LogP contribution in [0.4, 0.5) is 11.4 Å². The number of hydrogen-bond donors (Lipinski definition) is 2. The van der Waals surface area contributed by atoms with Crippen LogP contribution >= 0.6 is 0 Å². The fourth-order valence-electron chi connectivity index (χ4n) is 2.85. The fraction of sp³-hybridized carbons (Fsp3) is 0.471. The Hall–Kier alpha value is -2.37. The molecule has 1 aliphatic carbocycles. The smallest absolute Gasteiger partial charge is 0.244 e. The van der Waals surface area contributed by atoms with E-state index in [0.717, 1.165) is 0 Å². The van der Waals surface area contributed by atoms with Gasteiger partial charge in [0.15, 0.2) is 0 Å². The highest BCUT2D eigenvalue weighted by Crippen LogP contribution is 2.32. The van der Waals surface area contributed by atoms with Crippen LogP contribution < -0.4 is 15.5 Å². The van der Waals surface area contributed by atoms with Gasteiger partial charge in [0.05, 0.1) is 11.4 Å². The number of rotatable bonds is 5. The van der Waals surface area contributed by atoms with Gasteiger partial charge >= 0.3 is 0 Å². The van der Waals surface area contributed by atoms with Crippen molar-refractivity contribution in [2.75, 3.05) is 16.8 Å². The molecule has 1 saturated carbocycles. The molecule has 23 heavy (non-hydrogen) atoms. The number of nitrogens with zero attached hydrogens (tertiary/aromatic N) is 1. The van der Waals surface area contributed by atoms with Gasteiger partial charge in [0.25, 0.3) is 0 Å². The zero-order valence-corrected chi connectivity index (χ0v) is 13.2. The molecule has 0 radical (unpaired) electrons. The first kappa shape index (κ1) is 15.5. The van der Waals surface area contributed by atoms with E-state index in [1.807, 2.05) is 13.0 Å². The highest BCUT2D eigenvalue weighted by Gasteiger charge is 2.30. The van der Waals surface area contributed by atoms with Gasteiger partial charge in [0, 0.05) is 18.9 Å². The summed E-state index contributed by atoms with van der Waals surface area (Å²) in [5.74, 6) is 0.0604. The summed E-state index contributed by atoms with van der Waals surface area (Å²) in [6, 6.07) is 7.36. The summed E-state index contributed by atoms with van der Waals surface area (Å²) in [4.78, 5) is 37.5. The molecule has 1 fully saturated rings. The SMILES string of the molecule is CC(NC(=O)CCC(=O)N1CC(=O)Nc2ccccc21)C1CC1. The van der Waals surface area contributed by atoms with E-state index >= 15 is 0 Å². The molecule has 3 rings (SSSR count). The Morgan fingerprint density at radius 2 is 2.04 bits per heavy atom. The molecule has 1 atom stereocenters. The first-order valence-electron chi connectivity index (χ1n) is 8.03. The van der Waals surface area contributed by atoms with Crippen LogP contribution in [0, 0.1) is 5.92 Å². The molecule has 1 aromatic carbocycles. The summed E-state index contributed by atoms with van der Waals surface area (Å²) in [6.07, 6.45) is 2.58. The lowest BCUT2D eigenvalue weighted by molar-refractivity contribution is -0.126. The lowest BCUT2D eigenvalue weighted by atomic mass is 10.1. The summed E-state index contributed by atoms with van der Waals surface area (Å²) in [5.41, 5.74) is 1.31. The van der Waals surface area contributed by atoms with Crippen molar-refractivity contribution < 1.29 is 14.4 Å². The zero-order chi connectivity index (χ0) is 16.4. The highest BCUT2D eigenvalue weighted by molar-refractivity contribution is 6.10. The minimum Gasteiger partial charge on any atom is -0.353 e. The highest BCUT2D eigenvalue weighted by atomic mass is 16.2. The maximum Gasteiger partial charge on any atom is 0.244 e. The number of fused-ring (bicyclic) bond motifs is 1. The van der Waals surface area contributed by atoms with Crippen LogP contribution in [0.15, 0.2) is 24.3 Å². The molecule has 0 spiro atoms. The van der Waals surface area contributed by atoms with Crippen molar-refractivity contribution in [2.24, 2.45) is 5.92 Å². The quantitative estimate of drug-likeness (QED) is 0.867. The Kier molecular flexibility index (Phi) is 4.32. The third-order valence-corrected chi connectivity index (χ3v) is 4.36. The zero-order valence-electron chi connectivity index (χ0n) is 13.2. The van der Waals surface area contributed by atoms with Gasteiger partial charge in [0.1, 0.15) is 6.54 Å². The Morgan fingerprint density at radius 3 is 2.78 bits per heavy atom. The molecule has 0 saturated heterocycles. The second-order valence-electron chi connectivity index (χ2n) is 6.24. The van der Waals surface area contributed by atoms with Crippen LogP contribution in [-0.2, 0) is 14.4 Å². The third-order valence-electron chi connectivity index (χ3n) is 4.36. The fourth-order valence-corrected chi connectivity index (χ4v) is 2.85. The Balaban J connectivity index is 1.57. The summed E-state index contributed by atoms with van der Waals surface area (Å²) in [7, 11) is 0. The van der Waals surface area contributed by atoms with Gasteiger partial charge in [-0.05, 0) is 37.8 Å². The van der Waals surface area contributed by atoms with Crippen molar-refractivity contribution in [3.05, 3.63) is 24.3 Å². The lowest BCUT2D eigenvalue weighted by Crippen LogP contribution is -2.42. The maximum atomic E-state index is 12.4. The van der Waals surface area contributed by atoms with Crippen molar-refractivity contribution in [1.29, 1.82) is 0 Å². The van der Waals surface area contributed by atoms with Crippen LogP contribution in [0.2, 0.25) is 0 Å². The van der Waals surface area contributed by atoms with E-state index in [2.05, 4.69) is 10.6 Å². The van der Waals surface area contributed by atoms with E-state index in [9.17, 15) is 14.4 Å². The van der Waals surface area contributed by atoms with Gasteiger partial charge in [0.2, 0.25) is 17.7 Å². The number of hydrogen-bond acceptors (Lipinski definition) is 3. The Labute approximate surface area is 135 Å². The van der Waals surface area contributed by atoms with Gasteiger partial charge in [-0.15, -0.1) is 0 Å². The molecule has 0 aromatic heterocycles. The van der Waals surface area contributed by atoms with Crippen LogP contribution in [0.3, 0.4) is 0 Å². The summed E-state index contributed by atoms with van der Waals surface area (Å²) < 4.78 is 0. The number of amides is 3. The predicted octanol–water partition coefficient (Wildman–Crippen LogP) is 1.67. The monoisotopic (exact) mass is 315 g/mol. The molecular weight excluding hydrogens is 294 g/mol. The summed E-state index contributed by atoms with van der Waals surface area (Å²) in [6.45, 7) is 2.00. The number of para-hydroxylation sites is 2. The molecule has 6 heteroatoms. The average Bonchev–Trinajstić information content (AvgIpc) is 3.36. The van der Waals surface area contributed by atoms with Gasteiger partial charge in [-0.2, -0.15) is 0 Å². The molecule has 1 aromatic rings. The maximum absolute atomic E-state index is 12.4. The number of anilines is 2. The molecule has 1 heterocycles. The van der Waals surface area contributed by atoms with E-state index in [0.29, 0.717) is 17.3 Å². The summed E-state index contributed by atoms with van der Waals surface area (Å²) in [5, 5.41) is 5.68. The summed E-state index contributed by atoms with van der Waals surface area (Å²) >= 11 is 0. The molecular formula is C17H21N3O3. The topological polar surface area (TPSA) is 78.5 Å². The number of nitrogens with one attached hydrogen (secondary N) is 2.